The molecule has 1 saturated heterocycles. The smallest absolute Gasteiger partial charge is 0.0670 e. The molecule has 0 aromatic rings. The molecule has 1 aliphatic heterocycles. The van der Waals surface area contributed by atoms with E-state index in [1.807, 2.05) is 11.8 Å². The van der Waals surface area contributed by atoms with E-state index in [-0.39, 0.29) is 0 Å². The Balaban J connectivity index is 2.05. The molecule has 3 atom stereocenters. The van der Waals surface area contributed by atoms with Gasteiger partial charge in [0.05, 0.1) is 12.2 Å². The first-order valence-corrected chi connectivity index (χ1v) is 6.63. The average molecular weight is 223 g/mol. The van der Waals surface area contributed by atoms with E-state index >= 15 is 0 Å². The summed E-state index contributed by atoms with van der Waals surface area (Å²) in [5, 5.41) is 0.678. The fourth-order valence-corrected chi connectivity index (χ4v) is 3.05. The first-order valence-electron chi connectivity index (χ1n) is 5.05. The standard InChI is InChI=1S/C10H19ClOS/c1-8-3-4-10(12-8)7-13-9(2)5-6-11/h8-10H,3-7H2,1-2H3. The molecule has 1 rings (SSSR count). The molecule has 1 heterocycles. The van der Waals surface area contributed by atoms with Crippen LogP contribution in [-0.4, -0.2) is 29.1 Å². The van der Waals surface area contributed by atoms with E-state index in [4.69, 9.17) is 16.3 Å². The lowest BCUT2D eigenvalue weighted by atomic mass is 10.2. The second-order valence-electron chi connectivity index (χ2n) is 3.77. The van der Waals surface area contributed by atoms with E-state index in [1.54, 1.807) is 0 Å². The van der Waals surface area contributed by atoms with Crippen molar-refractivity contribution in [3.63, 3.8) is 0 Å². The van der Waals surface area contributed by atoms with E-state index in [1.165, 1.54) is 12.8 Å². The largest absolute Gasteiger partial charge is 0.374 e. The molecule has 13 heavy (non-hydrogen) atoms. The number of thioether (sulfide) groups is 1. The van der Waals surface area contributed by atoms with E-state index in [0.717, 1.165) is 18.1 Å². The van der Waals surface area contributed by atoms with Gasteiger partial charge in [0.15, 0.2) is 0 Å². The summed E-state index contributed by atoms with van der Waals surface area (Å²) in [5.74, 6) is 1.92. The quantitative estimate of drug-likeness (QED) is 0.661. The summed E-state index contributed by atoms with van der Waals surface area (Å²) in [6, 6.07) is 0. The van der Waals surface area contributed by atoms with Crippen LogP contribution in [0, 0.1) is 0 Å². The molecular formula is C10H19ClOS. The Labute approximate surface area is 90.6 Å². The molecule has 0 N–H and O–H groups in total. The SMILES string of the molecule is CC1CCC(CSC(C)CCCl)O1. The van der Waals surface area contributed by atoms with Crippen LogP contribution in [0.1, 0.15) is 33.1 Å². The van der Waals surface area contributed by atoms with Crippen molar-refractivity contribution in [1.29, 1.82) is 0 Å². The Bertz CT molecular complexity index is 143. The first kappa shape index (κ1) is 11.7. The Morgan fingerprint density at radius 1 is 1.54 bits per heavy atom. The molecular weight excluding hydrogens is 204 g/mol. The van der Waals surface area contributed by atoms with Crippen LogP contribution in [0.15, 0.2) is 0 Å². The van der Waals surface area contributed by atoms with E-state index in [0.29, 0.717) is 17.5 Å². The first-order chi connectivity index (χ1) is 6.22. The van der Waals surface area contributed by atoms with Gasteiger partial charge in [-0.05, 0) is 26.2 Å². The van der Waals surface area contributed by atoms with Gasteiger partial charge in [0, 0.05) is 16.9 Å². The van der Waals surface area contributed by atoms with Crippen LogP contribution in [0.2, 0.25) is 0 Å². The number of rotatable bonds is 5. The molecule has 0 aromatic carbocycles. The van der Waals surface area contributed by atoms with Gasteiger partial charge in [0.2, 0.25) is 0 Å². The highest BCUT2D eigenvalue weighted by molar-refractivity contribution is 7.99. The monoisotopic (exact) mass is 222 g/mol. The van der Waals surface area contributed by atoms with E-state index in [9.17, 15) is 0 Å². The van der Waals surface area contributed by atoms with Crippen molar-refractivity contribution < 1.29 is 4.74 Å². The summed E-state index contributed by atoms with van der Waals surface area (Å²) in [6.07, 6.45) is 4.55. The molecule has 0 radical (unpaired) electrons. The molecule has 3 heteroatoms. The van der Waals surface area contributed by atoms with Gasteiger partial charge in [-0.2, -0.15) is 11.8 Å². The van der Waals surface area contributed by atoms with Crippen molar-refractivity contribution in [2.75, 3.05) is 11.6 Å². The molecule has 0 bridgehead atoms. The molecule has 1 fully saturated rings. The number of hydrogen-bond acceptors (Lipinski definition) is 2. The van der Waals surface area contributed by atoms with Gasteiger partial charge in [0.25, 0.3) is 0 Å². The predicted octanol–water partition coefficient (Wildman–Crippen LogP) is 3.30. The zero-order valence-corrected chi connectivity index (χ0v) is 10.0. The lowest BCUT2D eigenvalue weighted by molar-refractivity contribution is 0.0699. The maximum Gasteiger partial charge on any atom is 0.0670 e. The van der Waals surface area contributed by atoms with Gasteiger partial charge in [-0.25, -0.2) is 0 Å². The zero-order valence-electron chi connectivity index (χ0n) is 8.46. The lowest BCUT2D eigenvalue weighted by Crippen LogP contribution is -2.13. The molecule has 1 nitrogen and oxygen atoms in total. The van der Waals surface area contributed by atoms with Crippen molar-refractivity contribution in [2.45, 2.75) is 50.6 Å². The van der Waals surface area contributed by atoms with Crippen LogP contribution in [0.25, 0.3) is 0 Å². The Morgan fingerprint density at radius 3 is 2.85 bits per heavy atom. The maximum absolute atomic E-state index is 5.74. The van der Waals surface area contributed by atoms with E-state index < -0.39 is 0 Å². The number of hydrogen-bond donors (Lipinski definition) is 0. The number of alkyl halides is 1. The summed E-state index contributed by atoms with van der Waals surface area (Å²) in [4.78, 5) is 0. The fraction of sp³-hybridized carbons (Fsp3) is 1.00. The van der Waals surface area contributed by atoms with Crippen LogP contribution in [0.4, 0.5) is 0 Å². The molecule has 0 aromatic heterocycles. The lowest BCUT2D eigenvalue weighted by Gasteiger charge is -2.14. The number of halogens is 1. The van der Waals surface area contributed by atoms with Gasteiger partial charge >= 0.3 is 0 Å². The van der Waals surface area contributed by atoms with E-state index in [2.05, 4.69) is 13.8 Å². The van der Waals surface area contributed by atoms with Crippen molar-refractivity contribution in [2.24, 2.45) is 0 Å². The van der Waals surface area contributed by atoms with Gasteiger partial charge in [0.1, 0.15) is 0 Å². The molecule has 0 aliphatic carbocycles. The van der Waals surface area contributed by atoms with Gasteiger partial charge in [-0.3, -0.25) is 0 Å². The molecule has 0 amide bonds. The number of ether oxygens (including phenoxy) is 1. The second-order valence-corrected chi connectivity index (χ2v) is 5.62. The van der Waals surface area contributed by atoms with Crippen molar-refractivity contribution in [3.05, 3.63) is 0 Å². The predicted molar refractivity (Wildman–Crippen MR) is 60.8 cm³/mol. The highest BCUT2D eigenvalue weighted by Gasteiger charge is 2.21. The topological polar surface area (TPSA) is 9.23 Å². The van der Waals surface area contributed by atoms with Crippen LogP contribution in [0.3, 0.4) is 0 Å². The zero-order chi connectivity index (χ0) is 9.68. The molecule has 78 valence electrons. The fourth-order valence-electron chi connectivity index (χ4n) is 1.52. The van der Waals surface area contributed by atoms with Crippen LogP contribution < -0.4 is 0 Å². The third kappa shape index (κ3) is 4.57. The summed E-state index contributed by atoms with van der Waals surface area (Å²) in [7, 11) is 0. The highest BCUT2D eigenvalue weighted by atomic mass is 35.5. The maximum atomic E-state index is 5.74. The summed E-state index contributed by atoms with van der Waals surface area (Å²) in [5.41, 5.74) is 0. The van der Waals surface area contributed by atoms with Crippen molar-refractivity contribution in [3.8, 4) is 0 Å². The van der Waals surface area contributed by atoms with Gasteiger partial charge in [-0.15, -0.1) is 11.6 Å². The second kappa shape index (κ2) is 6.15. The highest BCUT2D eigenvalue weighted by Crippen LogP contribution is 2.25. The Kier molecular flexibility index (Phi) is 5.52. The van der Waals surface area contributed by atoms with Crippen LogP contribution in [0.5, 0.6) is 0 Å². The minimum atomic E-state index is 0.480. The molecule has 0 saturated carbocycles. The Morgan fingerprint density at radius 2 is 2.31 bits per heavy atom. The molecule has 3 unspecified atom stereocenters. The summed E-state index contributed by atoms with van der Waals surface area (Å²) in [6.45, 7) is 4.40. The van der Waals surface area contributed by atoms with Crippen LogP contribution in [-0.2, 0) is 4.74 Å². The summed E-state index contributed by atoms with van der Waals surface area (Å²) < 4.78 is 5.74. The third-order valence-corrected chi connectivity index (χ3v) is 3.99. The third-order valence-electron chi connectivity index (χ3n) is 2.40. The van der Waals surface area contributed by atoms with Crippen molar-refractivity contribution >= 4 is 23.4 Å². The van der Waals surface area contributed by atoms with Gasteiger partial charge < -0.3 is 4.74 Å². The molecule has 1 aliphatic rings. The normalized spacial score (nSPS) is 30.7. The molecule has 0 spiro atoms. The van der Waals surface area contributed by atoms with Crippen molar-refractivity contribution in [1.82, 2.24) is 0 Å². The van der Waals surface area contributed by atoms with Crippen LogP contribution >= 0.6 is 23.4 Å². The minimum Gasteiger partial charge on any atom is -0.374 e. The minimum absolute atomic E-state index is 0.480. The van der Waals surface area contributed by atoms with Gasteiger partial charge in [-0.1, -0.05) is 6.92 Å². The summed E-state index contributed by atoms with van der Waals surface area (Å²) >= 11 is 7.66. The Hall–Kier alpha value is 0.600. The average Bonchev–Trinajstić information content (AvgIpc) is 2.49.